The molecule has 2 aromatic carbocycles. The van der Waals surface area contributed by atoms with E-state index in [1.807, 2.05) is 30.3 Å². The van der Waals surface area contributed by atoms with Crippen molar-refractivity contribution in [1.82, 2.24) is 10.1 Å². The Bertz CT molecular complexity index is 1200. The smallest absolute Gasteiger partial charge is 0.263 e. The molecule has 1 N–H and O–H groups in total. The molecule has 0 saturated carbocycles. The predicted molar refractivity (Wildman–Crippen MR) is 100 cm³/mol. The maximum atomic E-state index is 12.7. The molecule has 0 aliphatic carbocycles. The average Bonchev–Trinajstić information content (AvgIpc) is 3.03. The zero-order valence-corrected chi connectivity index (χ0v) is 15.1. The van der Waals surface area contributed by atoms with Crippen LogP contribution < -0.4 is 9.46 Å². The first-order valence-electron chi connectivity index (χ1n) is 8.09. The van der Waals surface area contributed by atoms with Gasteiger partial charge in [-0.05, 0) is 37.3 Å². The topological polar surface area (TPSA) is 94.3 Å². The van der Waals surface area contributed by atoms with Gasteiger partial charge in [0.25, 0.3) is 15.7 Å². The number of aromatic nitrogens is 2. The number of pyridine rings is 1. The molecule has 0 bridgehead atoms. The van der Waals surface area contributed by atoms with Crippen molar-refractivity contribution in [3.63, 3.8) is 0 Å². The van der Waals surface area contributed by atoms with Crippen LogP contribution in [0.4, 0.5) is 5.69 Å². The lowest BCUT2D eigenvalue weighted by molar-refractivity contribution is 0.442. The van der Waals surface area contributed by atoms with Gasteiger partial charge in [0.05, 0.1) is 23.0 Å². The monoisotopic (exact) mass is 381 g/mol. The van der Waals surface area contributed by atoms with Crippen LogP contribution in [0.1, 0.15) is 5.69 Å². The Labute approximate surface area is 155 Å². The lowest BCUT2D eigenvalue weighted by Crippen LogP contribution is -2.13. The summed E-state index contributed by atoms with van der Waals surface area (Å²) in [5.74, 6) is 1.18. The summed E-state index contributed by atoms with van der Waals surface area (Å²) < 4.78 is 38.7. The van der Waals surface area contributed by atoms with Gasteiger partial charge in [-0.15, -0.1) is 0 Å². The van der Waals surface area contributed by atoms with Gasteiger partial charge in [-0.2, -0.15) is 0 Å². The number of hydrogen-bond donors (Lipinski definition) is 1. The molecular formula is C19H15N3O4S. The van der Waals surface area contributed by atoms with E-state index in [0.29, 0.717) is 34.0 Å². The first kappa shape index (κ1) is 17.0. The van der Waals surface area contributed by atoms with E-state index in [0.717, 1.165) is 0 Å². The Morgan fingerprint density at radius 3 is 2.59 bits per heavy atom. The van der Waals surface area contributed by atoms with Gasteiger partial charge < -0.3 is 9.26 Å². The predicted octanol–water partition coefficient (Wildman–Crippen LogP) is 4.12. The van der Waals surface area contributed by atoms with Crippen LogP contribution in [0.2, 0.25) is 0 Å². The van der Waals surface area contributed by atoms with E-state index < -0.39 is 10.0 Å². The fourth-order valence-corrected chi connectivity index (χ4v) is 3.55. The van der Waals surface area contributed by atoms with Crippen LogP contribution in [-0.4, -0.2) is 18.6 Å². The summed E-state index contributed by atoms with van der Waals surface area (Å²) in [5, 5.41) is 4.34. The van der Waals surface area contributed by atoms with Crippen LogP contribution in [0.15, 0.2) is 76.3 Å². The molecule has 2 heterocycles. The molecule has 27 heavy (non-hydrogen) atoms. The number of benzene rings is 2. The van der Waals surface area contributed by atoms with E-state index in [9.17, 15) is 8.42 Å². The minimum absolute atomic E-state index is 0.0238. The molecule has 0 radical (unpaired) electrons. The maximum Gasteiger partial charge on any atom is 0.263 e. The highest BCUT2D eigenvalue weighted by atomic mass is 32.2. The molecule has 0 aliphatic heterocycles. The van der Waals surface area contributed by atoms with E-state index >= 15 is 0 Å². The number of fused-ring (bicyclic) bond motifs is 1. The van der Waals surface area contributed by atoms with E-state index in [2.05, 4.69) is 14.9 Å². The number of anilines is 1. The number of nitrogens with one attached hydrogen (secondary N) is 1. The minimum atomic E-state index is -3.83. The van der Waals surface area contributed by atoms with Gasteiger partial charge in [-0.25, -0.2) is 13.4 Å². The second-order valence-corrected chi connectivity index (χ2v) is 7.52. The molecule has 0 fully saturated rings. The van der Waals surface area contributed by atoms with Crippen LogP contribution in [0.3, 0.4) is 0 Å². The Morgan fingerprint density at radius 1 is 1.00 bits per heavy atom. The van der Waals surface area contributed by atoms with Gasteiger partial charge in [-0.3, -0.25) is 4.72 Å². The maximum absolute atomic E-state index is 12.7. The number of ether oxygens (including phenoxy) is 1. The first-order chi connectivity index (χ1) is 13.0. The second-order valence-electron chi connectivity index (χ2n) is 5.84. The summed E-state index contributed by atoms with van der Waals surface area (Å²) in [7, 11) is -3.83. The van der Waals surface area contributed by atoms with Crippen LogP contribution in [0, 0.1) is 6.92 Å². The van der Waals surface area contributed by atoms with Crippen molar-refractivity contribution in [2.24, 2.45) is 0 Å². The molecule has 0 atom stereocenters. The normalized spacial score (nSPS) is 11.4. The van der Waals surface area contributed by atoms with E-state index in [1.54, 1.807) is 31.2 Å². The first-order valence-corrected chi connectivity index (χ1v) is 9.57. The second kappa shape index (κ2) is 6.73. The standard InChI is InChI=1S/C19H15N3O4S/c1-13-18-11-17(12-20-19(18)26-21-13)27(23,24)22-14-6-5-9-16(10-14)25-15-7-3-2-4-8-15/h2-12,22H,1H3. The quantitative estimate of drug-likeness (QED) is 0.559. The molecule has 7 nitrogen and oxygen atoms in total. The number of aryl methyl sites for hydroxylation is 1. The van der Waals surface area contributed by atoms with Gasteiger partial charge in [0, 0.05) is 6.07 Å². The minimum Gasteiger partial charge on any atom is -0.457 e. The van der Waals surface area contributed by atoms with Gasteiger partial charge in [0.2, 0.25) is 0 Å². The molecule has 4 rings (SSSR count). The SMILES string of the molecule is Cc1noc2ncc(S(=O)(=O)Nc3cccc(Oc4ccccc4)c3)cc12. The van der Waals surface area contributed by atoms with Crippen molar-refractivity contribution in [2.75, 3.05) is 4.72 Å². The summed E-state index contributed by atoms with van der Waals surface area (Å²) >= 11 is 0. The molecule has 0 spiro atoms. The fraction of sp³-hybridized carbons (Fsp3) is 0.0526. The molecule has 8 heteroatoms. The largest absolute Gasteiger partial charge is 0.457 e. The van der Waals surface area contributed by atoms with Gasteiger partial charge in [0.1, 0.15) is 16.4 Å². The number of sulfonamides is 1. The van der Waals surface area contributed by atoms with Crippen LogP contribution in [0.5, 0.6) is 11.5 Å². The molecule has 136 valence electrons. The molecule has 0 amide bonds. The molecule has 0 aliphatic rings. The number of para-hydroxylation sites is 1. The van der Waals surface area contributed by atoms with Crippen molar-refractivity contribution < 1.29 is 17.7 Å². The highest BCUT2D eigenvalue weighted by Crippen LogP contribution is 2.26. The van der Waals surface area contributed by atoms with Crippen molar-refractivity contribution >= 4 is 26.8 Å². The zero-order valence-electron chi connectivity index (χ0n) is 14.3. The van der Waals surface area contributed by atoms with Crippen LogP contribution >= 0.6 is 0 Å². The van der Waals surface area contributed by atoms with Crippen molar-refractivity contribution in [3.8, 4) is 11.5 Å². The van der Waals surface area contributed by atoms with Crippen molar-refractivity contribution in [1.29, 1.82) is 0 Å². The van der Waals surface area contributed by atoms with Crippen molar-refractivity contribution in [3.05, 3.63) is 72.6 Å². The Hall–Kier alpha value is -3.39. The van der Waals surface area contributed by atoms with Gasteiger partial charge in [-0.1, -0.05) is 29.4 Å². The van der Waals surface area contributed by atoms with Crippen molar-refractivity contribution in [2.45, 2.75) is 11.8 Å². The highest BCUT2D eigenvalue weighted by Gasteiger charge is 2.18. The summed E-state index contributed by atoms with van der Waals surface area (Å²) in [5.41, 5.74) is 1.25. The molecule has 4 aromatic rings. The Kier molecular flexibility index (Phi) is 4.25. The molecule has 0 unspecified atom stereocenters. The van der Waals surface area contributed by atoms with E-state index in [4.69, 9.17) is 9.26 Å². The third kappa shape index (κ3) is 3.61. The third-order valence-electron chi connectivity index (χ3n) is 3.86. The van der Waals surface area contributed by atoms with E-state index in [-0.39, 0.29) is 4.90 Å². The summed E-state index contributed by atoms with van der Waals surface area (Å²) in [6.45, 7) is 1.72. The average molecular weight is 381 g/mol. The van der Waals surface area contributed by atoms with Crippen LogP contribution in [0.25, 0.3) is 11.1 Å². The molecule has 2 aromatic heterocycles. The Morgan fingerprint density at radius 2 is 1.78 bits per heavy atom. The third-order valence-corrected chi connectivity index (χ3v) is 5.21. The molecular weight excluding hydrogens is 366 g/mol. The number of hydrogen-bond acceptors (Lipinski definition) is 6. The lowest BCUT2D eigenvalue weighted by Gasteiger charge is -2.10. The summed E-state index contributed by atoms with van der Waals surface area (Å²) in [6.07, 6.45) is 1.24. The van der Waals surface area contributed by atoms with Gasteiger partial charge in [0.15, 0.2) is 0 Å². The number of nitrogens with zero attached hydrogens (tertiary/aromatic N) is 2. The summed E-state index contributed by atoms with van der Waals surface area (Å²) in [4.78, 5) is 4.03. The van der Waals surface area contributed by atoms with E-state index in [1.165, 1.54) is 12.3 Å². The fourth-order valence-electron chi connectivity index (χ4n) is 2.53. The highest BCUT2D eigenvalue weighted by molar-refractivity contribution is 7.92. The Balaban J connectivity index is 1.60. The van der Waals surface area contributed by atoms with Crippen LogP contribution in [-0.2, 0) is 10.0 Å². The lowest BCUT2D eigenvalue weighted by atomic mass is 10.3. The van der Waals surface area contributed by atoms with Gasteiger partial charge >= 0.3 is 0 Å². The number of rotatable bonds is 5. The summed E-state index contributed by atoms with van der Waals surface area (Å²) in [6, 6.07) is 17.4. The molecule has 0 saturated heterocycles. The zero-order chi connectivity index (χ0) is 18.9.